The molecule has 0 spiro atoms. The standard InChI is InChI=1S/C21H31N5.HI/c1-17(2)13-18-10-12-25(15-18)21(22-3)23-11-9-19-14-24-26(16-19)20-7-5-4-6-8-20;/h4-8,14,16-18H,9-13,15H2,1-3H3,(H,22,23);1H. The van der Waals surface area contributed by atoms with Gasteiger partial charge in [-0.05, 0) is 48.8 Å². The first-order valence-electron chi connectivity index (χ1n) is 9.70. The second kappa shape index (κ2) is 10.7. The molecule has 6 heteroatoms. The highest BCUT2D eigenvalue weighted by Crippen LogP contribution is 2.23. The van der Waals surface area contributed by atoms with E-state index < -0.39 is 0 Å². The van der Waals surface area contributed by atoms with E-state index in [-0.39, 0.29) is 24.0 Å². The number of aliphatic imine (C=N–C) groups is 1. The summed E-state index contributed by atoms with van der Waals surface area (Å²) in [6, 6.07) is 10.2. The number of halogens is 1. The Labute approximate surface area is 180 Å². The number of guanidine groups is 1. The number of aromatic nitrogens is 2. The van der Waals surface area contributed by atoms with Crippen molar-refractivity contribution in [3.8, 4) is 5.69 Å². The number of hydrogen-bond acceptors (Lipinski definition) is 2. The summed E-state index contributed by atoms with van der Waals surface area (Å²) in [4.78, 5) is 6.88. The highest BCUT2D eigenvalue weighted by molar-refractivity contribution is 14.0. The van der Waals surface area contributed by atoms with E-state index in [0.717, 1.165) is 49.5 Å². The van der Waals surface area contributed by atoms with Gasteiger partial charge in [0, 0.05) is 32.9 Å². The highest BCUT2D eigenvalue weighted by atomic mass is 127. The van der Waals surface area contributed by atoms with Crippen LogP contribution >= 0.6 is 24.0 Å². The van der Waals surface area contributed by atoms with E-state index in [1.165, 1.54) is 18.4 Å². The fourth-order valence-electron chi connectivity index (χ4n) is 3.75. The summed E-state index contributed by atoms with van der Waals surface area (Å²) >= 11 is 0. The predicted octanol–water partition coefficient (Wildman–Crippen LogP) is 3.98. The van der Waals surface area contributed by atoms with Gasteiger partial charge in [-0.3, -0.25) is 4.99 Å². The zero-order valence-electron chi connectivity index (χ0n) is 16.6. The minimum Gasteiger partial charge on any atom is -0.356 e. The highest BCUT2D eigenvalue weighted by Gasteiger charge is 2.25. The Bertz CT molecular complexity index is 710. The summed E-state index contributed by atoms with van der Waals surface area (Å²) in [5.74, 6) is 2.61. The molecule has 0 aliphatic carbocycles. The number of likely N-dealkylation sites (tertiary alicyclic amines) is 1. The lowest BCUT2D eigenvalue weighted by atomic mass is 9.97. The summed E-state index contributed by atoms with van der Waals surface area (Å²) in [6.07, 6.45) is 7.59. The molecule has 2 aromatic rings. The van der Waals surface area contributed by atoms with Gasteiger partial charge in [-0.2, -0.15) is 5.10 Å². The Kier molecular flexibility index (Phi) is 8.60. The second-order valence-corrected chi connectivity index (χ2v) is 7.58. The van der Waals surface area contributed by atoms with E-state index in [2.05, 4.69) is 52.5 Å². The van der Waals surface area contributed by atoms with Crippen LogP contribution in [0.15, 0.2) is 47.7 Å². The lowest BCUT2D eigenvalue weighted by Gasteiger charge is -2.22. The first kappa shape index (κ1) is 21.7. The molecule has 2 heterocycles. The van der Waals surface area contributed by atoms with Crippen LogP contribution in [-0.2, 0) is 6.42 Å². The first-order valence-corrected chi connectivity index (χ1v) is 9.70. The van der Waals surface area contributed by atoms with Crippen molar-refractivity contribution < 1.29 is 0 Å². The third-order valence-corrected chi connectivity index (χ3v) is 4.96. The van der Waals surface area contributed by atoms with Crippen molar-refractivity contribution in [1.29, 1.82) is 0 Å². The van der Waals surface area contributed by atoms with Gasteiger partial charge >= 0.3 is 0 Å². The molecule has 5 nitrogen and oxygen atoms in total. The average molecular weight is 481 g/mol. The van der Waals surface area contributed by atoms with Gasteiger partial charge in [0.1, 0.15) is 0 Å². The zero-order valence-corrected chi connectivity index (χ0v) is 19.0. The van der Waals surface area contributed by atoms with Gasteiger partial charge < -0.3 is 10.2 Å². The number of hydrogen-bond donors (Lipinski definition) is 1. The number of nitrogens with zero attached hydrogens (tertiary/aromatic N) is 4. The van der Waals surface area contributed by atoms with Crippen molar-refractivity contribution in [2.24, 2.45) is 16.8 Å². The molecule has 1 unspecified atom stereocenters. The number of para-hydroxylation sites is 1. The average Bonchev–Trinajstić information content (AvgIpc) is 3.29. The lowest BCUT2D eigenvalue weighted by Crippen LogP contribution is -2.40. The summed E-state index contributed by atoms with van der Waals surface area (Å²) in [6.45, 7) is 7.74. The first-order chi connectivity index (χ1) is 12.7. The molecule has 1 aliphatic rings. The minimum atomic E-state index is 0. The van der Waals surface area contributed by atoms with Gasteiger partial charge in [-0.25, -0.2) is 4.68 Å². The number of nitrogens with one attached hydrogen (secondary N) is 1. The second-order valence-electron chi connectivity index (χ2n) is 7.58. The smallest absolute Gasteiger partial charge is 0.193 e. The molecule has 0 amide bonds. The molecular weight excluding hydrogens is 449 g/mol. The monoisotopic (exact) mass is 481 g/mol. The molecule has 1 aromatic carbocycles. The third-order valence-electron chi connectivity index (χ3n) is 4.96. The Balaban J connectivity index is 0.00000261. The summed E-state index contributed by atoms with van der Waals surface area (Å²) in [5, 5.41) is 7.99. The minimum absolute atomic E-state index is 0. The molecule has 1 N–H and O–H groups in total. The van der Waals surface area contributed by atoms with E-state index in [1.807, 2.05) is 36.1 Å². The van der Waals surface area contributed by atoms with E-state index in [0.29, 0.717) is 0 Å². The molecule has 0 radical (unpaired) electrons. The van der Waals surface area contributed by atoms with Crippen LogP contribution in [0.25, 0.3) is 5.69 Å². The van der Waals surface area contributed by atoms with E-state index in [4.69, 9.17) is 0 Å². The van der Waals surface area contributed by atoms with Crippen LogP contribution in [0.4, 0.5) is 0 Å². The van der Waals surface area contributed by atoms with Crippen molar-refractivity contribution in [3.63, 3.8) is 0 Å². The molecule has 27 heavy (non-hydrogen) atoms. The normalized spacial score (nSPS) is 17.3. The topological polar surface area (TPSA) is 45.5 Å². The van der Waals surface area contributed by atoms with Gasteiger partial charge in [0.05, 0.1) is 11.9 Å². The number of rotatable bonds is 6. The summed E-state index contributed by atoms with van der Waals surface area (Å²) in [7, 11) is 1.88. The van der Waals surface area contributed by atoms with Crippen LogP contribution in [0.1, 0.15) is 32.3 Å². The fraction of sp³-hybridized carbons (Fsp3) is 0.524. The molecule has 1 aliphatic heterocycles. The van der Waals surface area contributed by atoms with Gasteiger partial charge in [-0.15, -0.1) is 24.0 Å². The molecular formula is C21H32IN5. The van der Waals surface area contributed by atoms with Gasteiger partial charge in [-0.1, -0.05) is 32.0 Å². The predicted molar refractivity (Wildman–Crippen MR) is 123 cm³/mol. The lowest BCUT2D eigenvalue weighted by molar-refractivity contribution is 0.404. The molecule has 3 rings (SSSR count). The van der Waals surface area contributed by atoms with E-state index in [1.54, 1.807) is 0 Å². The fourth-order valence-corrected chi connectivity index (χ4v) is 3.75. The summed E-state index contributed by atoms with van der Waals surface area (Å²) in [5.41, 5.74) is 2.33. The Morgan fingerprint density at radius 2 is 2.07 bits per heavy atom. The van der Waals surface area contributed by atoms with E-state index >= 15 is 0 Å². The van der Waals surface area contributed by atoms with Gasteiger partial charge in [0.25, 0.3) is 0 Å². The van der Waals surface area contributed by atoms with Crippen LogP contribution in [0.2, 0.25) is 0 Å². The molecule has 1 aromatic heterocycles. The van der Waals surface area contributed by atoms with Crippen LogP contribution in [0.5, 0.6) is 0 Å². The molecule has 0 saturated carbocycles. The van der Waals surface area contributed by atoms with Gasteiger partial charge in [0.2, 0.25) is 0 Å². The van der Waals surface area contributed by atoms with Crippen molar-refractivity contribution >= 4 is 29.9 Å². The molecule has 1 atom stereocenters. The molecule has 1 saturated heterocycles. The van der Waals surface area contributed by atoms with Crippen molar-refractivity contribution in [2.45, 2.75) is 33.1 Å². The van der Waals surface area contributed by atoms with Crippen LogP contribution in [0.3, 0.4) is 0 Å². The SMILES string of the molecule is CN=C(NCCc1cnn(-c2ccccc2)c1)N1CCC(CC(C)C)C1.I. The van der Waals surface area contributed by atoms with E-state index in [9.17, 15) is 0 Å². The van der Waals surface area contributed by atoms with Crippen LogP contribution in [-0.4, -0.2) is 47.3 Å². The molecule has 148 valence electrons. The largest absolute Gasteiger partial charge is 0.356 e. The summed E-state index contributed by atoms with van der Waals surface area (Å²) < 4.78 is 1.93. The van der Waals surface area contributed by atoms with Crippen molar-refractivity contribution in [2.75, 3.05) is 26.7 Å². The maximum Gasteiger partial charge on any atom is 0.193 e. The third kappa shape index (κ3) is 6.23. The Morgan fingerprint density at radius 1 is 1.30 bits per heavy atom. The van der Waals surface area contributed by atoms with Crippen molar-refractivity contribution in [3.05, 3.63) is 48.3 Å². The molecule has 0 bridgehead atoms. The maximum atomic E-state index is 4.48. The maximum absolute atomic E-state index is 4.48. The molecule has 1 fully saturated rings. The Hall–Kier alpha value is -1.57. The Morgan fingerprint density at radius 3 is 2.78 bits per heavy atom. The van der Waals surface area contributed by atoms with Crippen LogP contribution in [0, 0.1) is 11.8 Å². The quantitative estimate of drug-likeness (QED) is 0.386. The van der Waals surface area contributed by atoms with Crippen molar-refractivity contribution in [1.82, 2.24) is 20.0 Å². The number of benzene rings is 1. The van der Waals surface area contributed by atoms with Gasteiger partial charge in [0.15, 0.2) is 5.96 Å². The van der Waals surface area contributed by atoms with Crippen LogP contribution < -0.4 is 5.32 Å². The zero-order chi connectivity index (χ0) is 18.4.